The minimum atomic E-state index is 0.821. The lowest BCUT2D eigenvalue weighted by Crippen LogP contribution is -1.83. The molecule has 13 heavy (non-hydrogen) atoms. The van der Waals surface area contributed by atoms with Crippen molar-refractivity contribution in [2.75, 3.05) is 0 Å². The average molecular weight is 190 g/mol. The van der Waals surface area contributed by atoms with Gasteiger partial charge in [0.2, 0.25) is 0 Å². The van der Waals surface area contributed by atoms with Crippen LogP contribution in [0, 0.1) is 6.92 Å². The molecule has 0 radical (unpaired) electrons. The molecule has 1 nitrogen and oxygen atoms in total. The standard InChI is InChI=1S/C11H10OS/c1-8-10-5-3-2-4-9(10)6-7-11(8)12-13/h2-7,13H,1H3. The summed E-state index contributed by atoms with van der Waals surface area (Å²) in [6.07, 6.45) is 0. The second-order valence-electron chi connectivity index (χ2n) is 3.00. The van der Waals surface area contributed by atoms with E-state index in [0.717, 1.165) is 11.3 Å². The van der Waals surface area contributed by atoms with Crippen molar-refractivity contribution < 1.29 is 4.18 Å². The summed E-state index contributed by atoms with van der Waals surface area (Å²) in [6, 6.07) is 12.2. The fourth-order valence-corrected chi connectivity index (χ4v) is 1.70. The maximum absolute atomic E-state index is 4.95. The quantitative estimate of drug-likeness (QED) is 0.536. The fourth-order valence-electron chi connectivity index (χ4n) is 1.51. The third kappa shape index (κ3) is 1.38. The van der Waals surface area contributed by atoms with Gasteiger partial charge in [0.25, 0.3) is 0 Å². The summed E-state index contributed by atoms with van der Waals surface area (Å²) in [5, 5.41) is 2.45. The van der Waals surface area contributed by atoms with Crippen LogP contribution < -0.4 is 4.18 Å². The van der Waals surface area contributed by atoms with Crippen LogP contribution in [0.15, 0.2) is 36.4 Å². The smallest absolute Gasteiger partial charge is 0.140 e. The van der Waals surface area contributed by atoms with E-state index < -0.39 is 0 Å². The van der Waals surface area contributed by atoms with Gasteiger partial charge in [-0.05, 0) is 23.8 Å². The van der Waals surface area contributed by atoms with Crippen LogP contribution in [0.5, 0.6) is 5.75 Å². The molecule has 0 aliphatic heterocycles. The van der Waals surface area contributed by atoms with Gasteiger partial charge < -0.3 is 4.18 Å². The zero-order valence-corrected chi connectivity index (χ0v) is 8.21. The summed E-state index contributed by atoms with van der Waals surface area (Å²) in [4.78, 5) is 0. The molecule has 2 aromatic rings. The SMILES string of the molecule is Cc1c(OS)ccc2ccccc12. The Balaban J connectivity index is 2.79. The second-order valence-corrected chi connectivity index (χ2v) is 3.18. The predicted molar refractivity (Wildman–Crippen MR) is 58.3 cm³/mol. The highest BCUT2D eigenvalue weighted by molar-refractivity contribution is 7.75. The van der Waals surface area contributed by atoms with Crippen molar-refractivity contribution in [1.29, 1.82) is 0 Å². The van der Waals surface area contributed by atoms with Crippen LogP contribution in [0.1, 0.15) is 5.56 Å². The molecule has 2 heteroatoms. The Morgan fingerprint density at radius 3 is 2.62 bits per heavy atom. The van der Waals surface area contributed by atoms with E-state index in [9.17, 15) is 0 Å². The van der Waals surface area contributed by atoms with E-state index in [-0.39, 0.29) is 0 Å². The van der Waals surface area contributed by atoms with E-state index in [0.29, 0.717) is 0 Å². The predicted octanol–water partition coefficient (Wildman–Crippen LogP) is 3.37. The molecular weight excluding hydrogens is 180 g/mol. The number of hydrogen-bond acceptors (Lipinski definition) is 2. The number of thiol groups is 1. The van der Waals surface area contributed by atoms with Crippen LogP contribution in [0.3, 0.4) is 0 Å². The van der Waals surface area contributed by atoms with Gasteiger partial charge in [0.15, 0.2) is 0 Å². The molecule has 0 aliphatic carbocycles. The molecule has 0 spiro atoms. The Labute approximate surface area is 83.0 Å². The molecule has 2 aromatic carbocycles. The zero-order valence-electron chi connectivity index (χ0n) is 7.32. The van der Waals surface area contributed by atoms with Crippen molar-refractivity contribution >= 4 is 23.7 Å². The lowest BCUT2D eigenvalue weighted by molar-refractivity contribution is 0.654. The Morgan fingerprint density at radius 2 is 1.85 bits per heavy atom. The van der Waals surface area contributed by atoms with Crippen LogP contribution in [0.25, 0.3) is 10.8 Å². The molecule has 0 N–H and O–H groups in total. The molecule has 2 rings (SSSR count). The molecule has 0 amide bonds. The van der Waals surface area contributed by atoms with Gasteiger partial charge in [0.1, 0.15) is 5.75 Å². The first kappa shape index (κ1) is 8.45. The monoisotopic (exact) mass is 190 g/mol. The van der Waals surface area contributed by atoms with E-state index >= 15 is 0 Å². The molecule has 0 fully saturated rings. The van der Waals surface area contributed by atoms with Gasteiger partial charge in [-0.15, -0.1) is 0 Å². The van der Waals surface area contributed by atoms with Gasteiger partial charge in [-0.2, -0.15) is 0 Å². The van der Waals surface area contributed by atoms with Crippen LogP contribution in [-0.2, 0) is 0 Å². The van der Waals surface area contributed by atoms with Crippen LogP contribution in [-0.4, -0.2) is 0 Å². The molecule has 0 saturated carbocycles. The third-order valence-corrected chi connectivity index (χ3v) is 2.44. The van der Waals surface area contributed by atoms with E-state index in [1.54, 1.807) is 0 Å². The van der Waals surface area contributed by atoms with Crippen molar-refractivity contribution in [2.24, 2.45) is 0 Å². The first-order valence-electron chi connectivity index (χ1n) is 4.12. The zero-order chi connectivity index (χ0) is 9.26. The van der Waals surface area contributed by atoms with Gasteiger partial charge in [-0.3, -0.25) is 0 Å². The average Bonchev–Trinajstić information content (AvgIpc) is 2.19. The van der Waals surface area contributed by atoms with Crippen molar-refractivity contribution in [3.8, 4) is 5.75 Å². The van der Waals surface area contributed by atoms with Crippen molar-refractivity contribution in [3.63, 3.8) is 0 Å². The van der Waals surface area contributed by atoms with E-state index in [1.807, 2.05) is 31.2 Å². The topological polar surface area (TPSA) is 9.23 Å². The third-order valence-electron chi connectivity index (χ3n) is 2.25. The molecular formula is C11H10OS. The normalized spacial score (nSPS) is 10.3. The fraction of sp³-hybridized carbons (Fsp3) is 0.0909. The molecule has 0 heterocycles. The van der Waals surface area contributed by atoms with E-state index in [4.69, 9.17) is 4.18 Å². The van der Waals surface area contributed by atoms with Gasteiger partial charge in [0.05, 0.1) is 0 Å². The second kappa shape index (κ2) is 3.30. The van der Waals surface area contributed by atoms with E-state index in [2.05, 4.69) is 25.0 Å². The summed E-state index contributed by atoms with van der Waals surface area (Å²) in [5.74, 6) is 0.821. The van der Waals surface area contributed by atoms with Crippen LogP contribution in [0.4, 0.5) is 0 Å². The first-order chi connectivity index (χ1) is 6.33. The maximum atomic E-state index is 4.95. The highest BCUT2D eigenvalue weighted by atomic mass is 32.1. The summed E-state index contributed by atoms with van der Waals surface area (Å²) in [6.45, 7) is 2.04. The highest BCUT2D eigenvalue weighted by Crippen LogP contribution is 2.27. The molecule has 0 saturated heterocycles. The summed E-state index contributed by atoms with van der Waals surface area (Å²) >= 11 is 3.81. The molecule has 0 bridgehead atoms. The molecule has 0 atom stereocenters. The van der Waals surface area contributed by atoms with Gasteiger partial charge in [0, 0.05) is 18.5 Å². The van der Waals surface area contributed by atoms with Crippen molar-refractivity contribution in [2.45, 2.75) is 6.92 Å². The molecule has 66 valence electrons. The van der Waals surface area contributed by atoms with Crippen LogP contribution >= 0.6 is 12.9 Å². The number of rotatable bonds is 1. The maximum Gasteiger partial charge on any atom is 0.140 e. The minimum Gasteiger partial charge on any atom is -0.429 e. The van der Waals surface area contributed by atoms with Crippen LogP contribution in [0.2, 0.25) is 0 Å². The number of hydrogen-bond donors (Lipinski definition) is 1. The number of benzene rings is 2. The van der Waals surface area contributed by atoms with E-state index in [1.165, 1.54) is 10.8 Å². The summed E-state index contributed by atoms with van der Waals surface area (Å²) in [7, 11) is 0. The number of aryl methyl sites for hydroxylation is 1. The number of fused-ring (bicyclic) bond motifs is 1. The van der Waals surface area contributed by atoms with Crippen molar-refractivity contribution in [1.82, 2.24) is 0 Å². The summed E-state index contributed by atoms with van der Waals surface area (Å²) < 4.78 is 4.95. The molecule has 0 aromatic heterocycles. The largest absolute Gasteiger partial charge is 0.429 e. The van der Waals surface area contributed by atoms with Gasteiger partial charge in [-0.1, -0.05) is 30.3 Å². The molecule has 0 unspecified atom stereocenters. The Kier molecular flexibility index (Phi) is 2.15. The molecule has 0 aliphatic rings. The van der Waals surface area contributed by atoms with Gasteiger partial charge in [-0.25, -0.2) is 0 Å². The summed E-state index contributed by atoms with van der Waals surface area (Å²) in [5.41, 5.74) is 1.13. The highest BCUT2D eigenvalue weighted by Gasteiger charge is 2.02. The van der Waals surface area contributed by atoms with Crippen molar-refractivity contribution in [3.05, 3.63) is 42.0 Å². The van der Waals surface area contributed by atoms with Gasteiger partial charge >= 0.3 is 0 Å². The Hall–Kier alpha value is -1.15. The lowest BCUT2D eigenvalue weighted by Gasteiger charge is -2.06. The first-order valence-corrected chi connectivity index (χ1v) is 4.49. The Bertz CT molecular complexity index is 437. The minimum absolute atomic E-state index is 0.821. The lowest BCUT2D eigenvalue weighted by atomic mass is 10.1. The Morgan fingerprint density at radius 1 is 1.08 bits per heavy atom.